The number of aromatic hydroxyl groups is 1. The van der Waals surface area contributed by atoms with Gasteiger partial charge in [0.25, 0.3) is 0 Å². The molecule has 1 aromatic heterocycles. The second-order valence-corrected chi connectivity index (χ2v) is 3.23. The second-order valence-electron chi connectivity index (χ2n) is 3.23. The quantitative estimate of drug-likeness (QED) is 0.795. The first kappa shape index (κ1) is 10.2. The predicted octanol–water partition coefficient (Wildman–Crippen LogP) is 1.44. The van der Waals surface area contributed by atoms with Gasteiger partial charge in [-0.3, -0.25) is 0 Å². The van der Waals surface area contributed by atoms with Crippen molar-refractivity contribution in [1.82, 2.24) is 9.97 Å². The van der Waals surface area contributed by atoms with Crippen LogP contribution in [0.15, 0.2) is 30.6 Å². The highest BCUT2D eigenvalue weighted by Gasteiger charge is 2.06. The standard InChI is InChI=1S/C11H11N3O2/c1-16-10-3-2-7(4-9(10)15)11-13-5-8(12)6-14-11/h2-6,15H,12H2,1H3. The third kappa shape index (κ3) is 1.88. The highest BCUT2D eigenvalue weighted by Crippen LogP contribution is 2.29. The molecule has 0 spiro atoms. The van der Waals surface area contributed by atoms with Gasteiger partial charge in [0.05, 0.1) is 25.2 Å². The summed E-state index contributed by atoms with van der Waals surface area (Å²) < 4.78 is 4.94. The Morgan fingerprint density at radius 3 is 2.50 bits per heavy atom. The normalized spacial score (nSPS) is 10.1. The highest BCUT2D eigenvalue weighted by molar-refractivity contribution is 5.61. The van der Waals surface area contributed by atoms with Crippen LogP contribution in [0.3, 0.4) is 0 Å². The van der Waals surface area contributed by atoms with Gasteiger partial charge in [-0.1, -0.05) is 0 Å². The molecule has 0 fully saturated rings. The summed E-state index contributed by atoms with van der Waals surface area (Å²) in [6.07, 6.45) is 3.03. The number of nitrogens with two attached hydrogens (primary N) is 1. The summed E-state index contributed by atoms with van der Waals surface area (Å²) in [5.41, 5.74) is 6.69. The fourth-order valence-corrected chi connectivity index (χ4v) is 1.32. The summed E-state index contributed by atoms with van der Waals surface area (Å²) in [5.74, 6) is 0.978. The van der Waals surface area contributed by atoms with Crippen LogP contribution in [-0.4, -0.2) is 22.2 Å². The molecule has 0 saturated carbocycles. The van der Waals surface area contributed by atoms with E-state index in [-0.39, 0.29) is 5.75 Å². The number of hydrogen-bond donors (Lipinski definition) is 2. The second kappa shape index (κ2) is 4.06. The molecular formula is C11H11N3O2. The average Bonchev–Trinajstić information content (AvgIpc) is 2.30. The number of nitrogen functional groups attached to an aromatic ring is 1. The molecule has 0 amide bonds. The first-order valence-electron chi connectivity index (χ1n) is 4.65. The Hall–Kier alpha value is -2.30. The lowest BCUT2D eigenvalue weighted by Gasteiger charge is -2.05. The molecule has 5 nitrogen and oxygen atoms in total. The zero-order valence-electron chi connectivity index (χ0n) is 8.71. The number of phenols is 1. The largest absolute Gasteiger partial charge is 0.504 e. The number of ether oxygens (including phenoxy) is 1. The van der Waals surface area contributed by atoms with Crippen LogP contribution in [0.2, 0.25) is 0 Å². The molecule has 0 aliphatic heterocycles. The van der Waals surface area contributed by atoms with E-state index in [9.17, 15) is 5.11 Å². The van der Waals surface area contributed by atoms with E-state index in [0.29, 0.717) is 22.8 Å². The molecule has 2 rings (SSSR count). The van der Waals surface area contributed by atoms with Crippen LogP contribution in [0.1, 0.15) is 0 Å². The lowest BCUT2D eigenvalue weighted by Crippen LogP contribution is -1.92. The maximum atomic E-state index is 9.60. The third-order valence-corrected chi connectivity index (χ3v) is 2.11. The van der Waals surface area contributed by atoms with Crippen LogP contribution in [0.5, 0.6) is 11.5 Å². The molecule has 1 aromatic carbocycles. The summed E-state index contributed by atoms with van der Waals surface area (Å²) in [6, 6.07) is 4.97. The van der Waals surface area contributed by atoms with E-state index >= 15 is 0 Å². The van der Waals surface area contributed by atoms with Crippen LogP contribution in [0.25, 0.3) is 11.4 Å². The number of rotatable bonds is 2. The number of methoxy groups -OCH3 is 1. The van der Waals surface area contributed by atoms with Crippen LogP contribution < -0.4 is 10.5 Å². The Labute approximate surface area is 92.5 Å². The SMILES string of the molecule is COc1ccc(-c2ncc(N)cn2)cc1O. The van der Waals surface area contributed by atoms with Gasteiger partial charge in [0.15, 0.2) is 17.3 Å². The molecule has 82 valence electrons. The van der Waals surface area contributed by atoms with Crippen molar-refractivity contribution in [2.45, 2.75) is 0 Å². The van der Waals surface area contributed by atoms with Crippen LogP contribution in [0.4, 0.5) is 5.69 Å². The van der Waals surface area contributed by atoms with Gasteiger partial charge in [-0.15, -0.1) is 0 Å². The predicted molar refractivity (Wildman–Crippen MR) is 60.1 cm³/mol. The number of anilines is 1. The molecule has 0 unspecified atom stereocenters. The zero-order valence-corrected chi connectivity index (χ0v) is 8.71. The number of aromatic nitrogens is 2. The van der Waals surface area contributed by atoms with Crippen LogP contribution in [0, 0.1) is 0 Å². The molecular weight excluding hydrogens is 206 g/mol. The number of benzene rings is 1. The molecule has 0 aliphatic rings. The minimum atomic E-state index is 0.0559. The molecule has 1 heterocycles. The first-order valence-corrected chi connectivity index (χ1v) is 4.65. The molecule has 16 heavy (non-hydrogen) atoms. The van der Waals surface area contributed by atoms with Gasteiger partial charge in [-0.2, -0.15) is 0 Å². The summed E-state index contributed by atoms with van der Waals surface area (Å²) >= 11 is 0. The van der Waals surface area contributed by atoms with E-state index < -0.39 is 0 Å². The van der Waals surface area contributed by atoms with Crippen molar-refractivity contribution in [2.75, 3.05) is 12.8 Å². The Morgan fingerprint density at radius 2 is 1.94 bits per heavy atom. The number of nitrogens with zero attached hydrogens (tertiary/aromatic N) is 2. The monoisotopic (exact) mass is 217 g/mol. The molecule has 0 saturated heterocycles. The Kier molecular flexibility index (Phi) is 2.59. The minimum Gasteiger partial charge on any atom is -0.504 e. The van der Waals surface area contributed by atoms with Gasteiger partial charge in [0.2, 0.25) is 0 Å². The van der Waals surface area contributed by atoms with Crippen molar-refractivity contribution in [3.63, 3.8) is 0 Å². The molecule has 0 radical (unpaired) electrons. The third-order valence-electron chi connectivity index (χ3n) is 2.11. The van der Waals surface area contributed by atoms with Crippen molar-refractivity contribution in [3.05, 3.63) is 30.6 Å². The number of hydrogen-bond acceptors (Lipinski definition) is 5. The van der Waals surface area contributed by atoms with E-state index in [1.54, 1.807) is 18.2 Å². The minimum absolute atomic E-state index is 0.0559. The molecule has 3 N–H and O–H groups in total. The van der Waals surface area contributed by atoms with Crippen molar-refractivity contribution in [2.24, 2.45) is 0 Å². The van der Waals surface area contributed by atoms with Crippen LogP contribution >= 0.6 is 0 Å². The van der Waals surface area contributed by atoms with Crippen LogP contribution in [-0.2, 0) is 0 Å². The van der Waals surface area contributed by atoms with E-state index in [4.69, 9.17) is 10.5 Å². The van der Waals surface area contributed by atoms with E-state index in [0.717, 1.165) is 0 Å². The summed E-state index contributed by atoms with van der Waals surface area (Å²) in [4.78, 5) is 8.11. The lowest BCUT2D eigenvalue weighted by molar-refractivity contribution is 0.373. The number of phenolic OH excluding ortho intramolecular Hbond substituents is 1. The molecule has 0 aliphatic carbocycles. The molecule has 0 bridgehead atoms. The topological polar surface area (TPSA) is 81.3 Å². The van der Waals surface area contributed by atoms with Gasteiger partial charge in [0, 0.05) is 5.56 Å². The van der Waals surface area contributed by atoms with Crippen molar-refractivity contribution < 1.29 is 9.84 Å². The summed E-state index contributed by atoms with van der Waals surface area (Å²) in [5, 5.41) is 9.60. The smallest absolute Gasteiger partial charge is 0.160 e. The van der Waals surface area contributed by atoms with Gasteiger partial charge in [-0.05, 0) is 18.2 Å². The van der Waals surface area contributed by atoms with Crippen molar-refractivity contribution in [3.8, 4) is 22.9 Å². The molecule has 0 atom stereocenters. The fraction of sp³-hybridized carbons (Fsp3) is 0.0909. The van der Waals surface area contributed by atoms with E-state index in [2.05, 4.69) is 9.97 Å². The van der Waals surface area contributed by atoms with E-state index in [1.165, 1.54) is 19.5 Å². The Balaban J connectivity index is 2.41. The average molecular weight is 217 g/mol. The lowest BCUT2D eigenvalue weighted by atomic mass is 10.2. The summed E-state index contributed by atoms with van der Waals surface area (Å²) in [7, 11) is 1.49. The zero-order chi connectivity index (χ0) is 11.5. The van der Waals surface area contributed by atoms with Crippen molar-refractivity contribution in [1.29, 1.82) is 0 Å². The first-order chi connectivity index (χ1) is 7.70. The Morgan fingerprint density at radius 1 is 1.25 bits per heavy atom. The van der Waals surface area contributed by atoms with E-state index in [1.807, 2.05) is 0 Å². The highest BCUT2D eigenvalue weighted by atomic mass is 16.5. The summed E-state index contributed by atoms with van der Waals surface area (Å²) in [6.45, 7) is 0. The van der Waals surface area contributed by atoms with Gasteiger partial charge in [-0.25, -0.2) is 9.97 Å². The maximum absolute atomic E-state index is 9.60. The van der Waals surface area contributed by atoms with Gasteiger partial charge >= 0.3 is 0 Å². The van der Waals surface area contributed by atoms with Crippen molar-refractivity contribution >= 4 is 5.69 Å². The fourth-order valence-electron chi connectivity index (χ4n) is 1.32. The maximum Gasteiger partial charge on any atom is 0.160 e. The molecule has 5 heteroatoms. The Bertz CT molecular complexity index is 497. The van der Waals surface area contributed by atoms with Gasteiger partial charge in [0.1, 0.15) is 0 Å². The van der Waals surface area contributed by atoms with Gasteiger partial charge < -0.3 is 15.6 Å². The molecule has 2 aromatic rings.